The quantitative estimate of drug-likeness (QED) is 0.727. The zero-order valence-electron chi connectivity index (χ0n) is 8.15. The molecule has 0 atom stereocenters. The molecule has 4 heteroatoms. The smallest absolute Gasteiger partial charge is 0.155 e. The maximum absolute atomic E-state index is 13.3. The predicted octanol–water partition coefficient (Wildman–Crippen LogP) is 2.84. The molecule has 0 aliphatic rings. The summed E-state index contributed by atoms with van der Waals surface area (Å²) < 4.78 is 26.6. The molecule has 2 nitrogen and oxygen atoms in total. The molecule has 80 valence electrons. The Balaban J connectivity index is 2.57. The number of pyridine rings is 1. The number of aldehydes is 1. The van der Waals surface area contributed by atoms with Gasteiger partial charge in [0.1, 0.15) is 11.6 Å². The number of hydrogen-bond donors (Lipinski definition) is 0. The van der Waals surface area contributed by atoms with Crippen molar-refractivity contribution in [1.82, 2.24) is 4.98 Å². The Morgan fingerprint density at radius 2 is 1.81 bits per heavy atom. The number of carbonyl (C=O) groups is 1. The van der Waals surface area contributed by atoms with E-state index < -0.39 is 17.2 Å². The molecule has 0 spiro atoms. The van der Waals surface area contributed by atoms with Crippen molar-refractivity contribution in [3.05, 3.63) is 53.9 Å². The molecule has 0 saturated carbocycles. The van der Waals surface area contributed by atoms with Crippen LogP contribution in [-0.2, 0) is 0 Å². The van der Waals surface area contributed by atoms with E-state index in [1.54, 1.807) is 18.3 Å². The highest BCUT2D eigenvalue weighted by atomic mass is 19.1. The molecule has 0 fully saturated rings. The molecule has 16 heavy (non-hydrogen) atoms. The molecule has 0 N–H and O–H groups in total. The third kappa shape index (κ3) is 1.82. The Hall–Kier alpha value is -2.10. The fraction of sp³-hybridized carbons (Fsp3) is 0. The van der Waals surface area contributed by atoms with Gasteiger partial charge in [0.2, 0.25) is 0 Å². The highest BCUT2D eigenvalue weighted by molar-refractivity contribution is 5.77. The first-order valence-electron chi connectivity index (χ1n) is 4.57. The van der Waals surface area contributed by atoms with Crippen LogP contribution in [0, 0.1) is 11.6 Å². The van der Waals surface area contributed by atoms with E-state index in [4.69, 9.17) is 0 Å². The van der Waals surface area contributed by atoms with E-state index in [0.29, 0.717) is 11.1 Å². The van der Waals surface area contributed by atoms with Crippen LogP contribution in [0.25, 0.3) is 11.1 Å². The van der Waals surface area contributed by atoms with Gasteiger partial charge in [-0.1, -0.05) is 6.07 Å². The van der Waals surface area contributed by atoms with E-state index >= 15 is 0 Å². The standard InChI is InChI=1S/C12H7F2NO/c13-11-4-9(5-12(14)10(11)7-16)8-2-1-3-15-6-8/h1-7H. The van der Waals surface area contributed by atoms with E-state index in [0.717, 1.165) is 12.1 Å². The Morgan fingerprint density at radius 1 is 1.12 bits per heavy atom. The van der Waals surface area contributed by atoms with Crippen molar-refractivity contribution in [3.8, 4) is 11.1 Å². The molecule has 2 rings (SSSR count). The third-order valence-corrected chi connectivity index (χ3v) is 2.19. The van der Waals surface area contributed by atoms with Gasteiger partial charge in [-0.3, -0.25) is 9.78 Å². The van der Waals surface area contributed by atoms with Crippen LogP contribution in [0.2, 0.25) is 0 Å². The molecule has 1 aromatic heterocycles. The van der Waals surface area contributed by atoms with Crippen LogP contribution in [0.1, 0.15) is 10.4 Å². The Bertz CT molecular complexity index is 503. The fourth-order valence-corrected chi connectivity index (χ4v) is 1.40. The molecule has 1 aromatic carbocycles. The van der Waals surface area contributed by atoms with Crippen LogP contribution in [-0.4, -0.2) is 11.3 Å². The summed E-state index contributed by atoms with van der Waals surface area (Å²) in [5, 5.41) is 0. The summed E-state index contributed by atoms with van der Waals surface area (Å²) in [6.45, 7) is 0. The summed E-state index contributed by atoms with van der Waals surface area (Å²) in [6, 6.07) is 5.58. The summed E-state index contributed by atoms with van der Waals surface area (Å²) in [5.41, 5.74) is 0.402. The van der Waals surface area contributed by atoms with Crippen LogP contribution in [0.5, 0.6) is 0 Å². The van der Waals surface area contributed by atoms with E-state index in [1.807, 2.05) is 0 Å². The van der Waals surface area contributed by atoms with Gasteiger partial charge in [-0.25, -0.2) is 8.78 Å². The average Bonchev–Trinajstić information content (AvgIpc) is 2.30. The summed E-state index contributed by atoms with van der Waals surface area (Å²) >= 11 is 0. The lowest BCUT2D eigenvalue weighted by Crippen LogP contribution is -1.94. The number of nitrogens with zero attached hydrogens (tertiary/aromatic N) is 1. The normalized spacial score (nSPS) is 10.1. The lowest BCUT2D eigenvalue weighted by atomic mass is 10.1. The molecule has 2 aromatic rings. The van der Waals surface area contributed by atoms with Gasteiger partial charge < -0.3 is 0 Å². The van der Waals surface area contributed by atoms with Crippen molar-refractivity contribution in [2.75, 3.05) is 0 Å². The number of benzene rings is 1. The van der Waals surface area contributed by atoms with Crippen LogP contribution in [0.4, 0.5) is 8.78 Å². The SMILES string of the molecule is O=Cc1c(F)cc(-c2cccnc2)cc1F. The van der Waals surface area contributed by atoms with Gasteiger partial charge in [-0.2, -0.15) is 0 Å². The molecule has 0 bridgehead atoms. The second-order valence-electron chi connectivity index (χ2n) is 3.21. The Labute approximate surface area is 90.6 Å². The maximum atomic E-state index is 13.3. The van der Waals surface area contributed by atoms with Crippen molar-refractivity contribution in [2.45, 2.75) is 0 Å². The number of hydrogen-bond acceptors (Lipinski definition) is 2. The van der Waals surface area contributed by atoms with Gasteiger partial charge in [0, 0.05) is 18.0 Å². The van der Waals surface area contributed by atoms with E-state index in [-0.39, 0.29) is 6.29 Å². The topological polar surface area (TPSA) is 30.0 Å². The van der Waals surface area contributed by atoms with E-state index in [9.17, 15) is 13.6 Å². The fourth-order valence-electron chi connectivity index (χ4n) is 1.40. The van der Waals surface area contributed by atoms with Crippen molar-refractivity contribution in [2.24, 2.45) is 0 Å². The summed E-state index contributed by atoms with van der Waals surface area (Å²) in [5.74, 6) is -1.73. The predicted molar refractivity (Wildman–Crippen MR) is 55.0 cm³/mol. The molecule has 0 saturated heterocycles. The van der Waals surface area contributed by atoms with Crippen LogP contribution in [0.3, 0.4) is 0 Å². The van der Waals surface area contributed by atoms with Gasteiger partial charge >= 0.3 is 0 Å². The van der Waals surface area contributed by atoms with E-state index in [2.05, 4.69) is 4.98 Å². The van der Waals surface area contributed by atoms with Crippen molar-refractivity contribution in [3.63, 3.8) is 0 Å². The van der Waals surface area contributed by atoms with Crippen molar-refractivity contribution < 1.29 is 13.6 Å². The number of carbonyl (C=O) groups excluding carboxylic acids is 1. The largest absolute Gasteiger partial charge is 0.298 e. The second-order valence-corrected chi connectivity index (χ2v) is 3.21. The summed E-state index contributed by atoms with van der Waals surface area (Å²) in [4.78, 5) is 14.3. The zero-order chi connectivity index (χ0) is 11.5. The molecule has 0 radical (unpaired) electrons. The maximum Gasteiger partial charge on any atom is 0.155 e. The minimum atomic E-state index is -0.867. The van der Waals surface area contributed by atoms with Gasteiger partial charge in [0.05, 0.1) is 5.56 Å². The first kappa shape index (κ1) is 10.4. The molecule has 0 unspecified atom stereocenters. The number of rotatable bonds is 2. The number of aromatic nitrogens is 1. The zero-order valence-corrected chi connectivity index (χ0v) is 8.15. The van der Waals surface area contributed by atoms with Crippen molar-refractivity contribution >= 4 is 6.29 Å². The van der Waals surface area contributed by atoms with Crippen LogP contribution < -0.4 is 0 Å². The van der Waals surface area contributed by atoms with Gasteiger partial charge in [-0.05, 0) is 23.8 Å². The summed E-state index contributed by atoms with van der Waals surface area (Å²) in [6.07, 6.45) is 3.22. The monoisotopic (exact) mass is 219 g/mol. The molecular formula is C12H7F2NO. The first-order valence-corrected chi connectivity index (χ1v) is 4.57. The Morgan fingerprint density at radius 3 is 2.31 bits per heavy atom. The summed E-state index contributed by atoms with van der Waals surface area (Å²) in [7, 11) is 0. The lowest BCUT2D eigenvalue weighted by Gasteiger charge is -2.03. The molecule has 1 heterocycles. The van der Waals surface area contributed by atoms with Gasteiger partial charge in [0.15, 0.2) is 6.29 Å². The number of halogens is 2. The minimum absolute atomic E-state index is 0.164. The highest BCUT2D eigenvalue weighted by Gasteiger charge is 2.11. The lowest BCUT2D eigenvalue weighted by molar-refractivity contribution is 0.111. The Kier molecular flexibility index (Phi) is 2.72. The van der Waals surface area contributed by atoms with Crippen LogP contribution in [0.15, 0.2) is 36.7 Å². The minimum Gasteiger partial charge on any atom is -0.298 e. The molecule has 0 amide bonds. The molecule has 0 aliphatic heterocycles. The molecule has 0 aliphatic carbocycles. The van der Waals surface area contributed by atoms with Gasteiger partial charge in [-0.15, -0.1) is 0 Å². The second kappa shape index (κ2) is 4.18. The average molecular weight is 219 g/mol. The first-order chi connectivity index (χ1) is 7.72. The third-order valence-electron chi connectivity index (χ3n) is 2.19. The van der Waals surface area contributed by atoms with Crippen molar-refractivity contribution in [1.29, 1.82) is 0 Å². The van der Waals surface area contributed by atoms with Crippen LogP contribution >= 0.6 is 0 Å². The van der Waals surface area contributed by atoms with E-state index in [1.165, 1.54) is 6.20 Å². The molecular weight excluding hydrogens is 212 g/mol. The van der Waals surface area contributed by atoms with Gasteiger partial charge in [0.25, 0.3) is 0 Å². The highest BCUT2D eigenvalue weighted by Crippen LogP contribution is 2.22.